The third-order valence-corrected chi connectivity index (χ3v) is 11.8. The van der Waals surface area contributed by atoms with Crippen molar-refractivity contribution in [2.45, 2.75) is 96.8 Å². The van der Waals surface area contributed by atoms with Crippen molar-refractivity contribution in [2.75, 3.05) is 5.33 Å². The highest BCUT2D eigenvalue weighted by molar-refractivity contribution is 9.09. The summed E-state index contributed by atoms with van der Waals surface area (Å²) in [4.78, 5) is 44.6. The van der Waals surface area contributed by atoms with Gasteiger partial charge >= 0.3 is 0 Å². The first-order valence-corrected chi connectivity index (χ1v) is 15.6. The summed E-state index contributed by atoms with van der Waals surface area (Å²) in [5.41, 5.74) is 0.285. The number of ketones is 2. The molecular weight excluding hydrogens is 574 g/mol. The molecule has 9 fully saturated rings. The van der Waals surface area contributed by atoms with E-state index in [9.17, 15) is 19.2 Å². The predicted molar refractivity (Wildman–Crippen MR) is 141 cm³/mol. The largest absolute Gasteiger partial charge is 0.299 e. The molecule has 35 heavy (non-hydrogen) atoms. The van der Waals surface area contributed by atoms with Crippen molar-refractivity contribution in [3.8, 4) is 0 Å². The maximum Gasteiger partial charge on any atom is 0.239 e. The molecule has 0 aromatic heterocycles. The van der Waals surface area contributed by atoms with Gasteiger partial charge in [0.1, 0.15) is 11.6 Å². The van der Waals surface area contributed by atoms with Crippen LogP contribution in [0.1, 0.15) is 96.8 Å². The molecule has 2 amide bonds. The Bertz CT molecular complexity index is 813. The number of alkyl halides is 1. The minimum Gasteiger partial charge on any atom is -0.299 e. The lowest BCUT2D eigenvalue weighted by atomic mass is 9.48. The van der Waals surface area contributed by atoms with Crippen LogP contribution in [-0.4, -0.2) is 32.6 Å². The van der Waals surface area contributed by atoms with Crippen LogP contribution in [0.4, 0.5) is 0 Å². The van der Waals surface area contributed by atoms with Crippen LogP contribution in [0.5, 0.6) is 0 Å². The van der Waals surface area contributed by atoms with Crippen LogP contribution < -0.4 is 0 Å². The second-order valence-corrected chi connectivity index (χ2v) is 14.3. The van der Waals surface area contributed by atoms with Gasteiger partial charge in [-0.05, 0) is 119 Å². The number of carbonyl (C=O) groups excluding carboxylic acids is 4. The predicted octanol–water partition coefficient (Wildman–Crippen LogP) is 6.40. The number of carbonyl (C=O) groups is 4. The lowest BCUT2D eigenvalue weighted by Crippen LogP contribution is -2.50. The summed E-state index contributed by atoms with van der Waals surface area (Å²) in [6, 6.07) is 0. The first kappa shape index (κ1) is 26.1. The van der Waals surface area contributed by atoms with E-state index in [1.165, 1.54) is 77.0 Å². The Hall–Kier alpha value is -0.560. The van der Waals surface area contributed by atoms with Crippen LogP contribution in [0.15, 0.2) is 0 Å². The average molecular weight is 613 g/mol. The van der Waals surface area contributed by atoms with Gasteiger partial charge in [0.05, 0.1) is 21.5 Å². The molecule has 1 saturated heterocycles. The smallest absolute Gasteiger partial charge is 0.239 e. The quantitative estimate of drug-likeness (QED) is 0.210. The van der Waals surface area contributed by atoms with E-state index < -0.39 is 0 Å². The summed E-state index contributed by atoms with van der Waals surface area (Å²) in [5, 5.41) is 0.582. The van der Waals surface area contributed by atoms with Gasteiger partial charge in [-0.25, -0.2) is 3.93 Å². The standard InChI is InChI=1S/C12H17BrO.C12H18O.C4H4BrNO2/c13-7-11(14)12-4-8-1-9(5-12)3-10(2-8)6-12;1-8(13)12-5-9-2-10(6-12)4-11(3-9)7-12;5-6-3(7)1-2-4(6)8/h8-10H,1-7H2;9-11H,2-7H2,1H3;1-2H2. The monoisotopic (exact) mass is 611 g/mol. The Labute approximate surface area is 226 Å². The van der Waals surface area contributed by atoms with E-state index in [1.54, 1.807) is 0 Å². The van der Waals surface area contributed by atoms with Gasteiger partial charge in [-0.3, -0.25) is 19.2 Å². The maximum absolute atomic E-state index is 12.0. The zero-order valence-electron chi connectivity index (χ0n) is 20.9. The molecule has 9 aliphatic rings. The fourth-order valence-corrected chi connectivity index (χ4v) is 10.6. The molecule has 5 nitrogen and oxygen atoms in total. The van der Waals surface area contributed by atoms with Gasteiger partial charge in [-0.2, -0.15) is 0 Å². The van der Waals surface area contributed by atoms with E-state index in [2.05, 4.69) is 32.1 Å². The third kappa shape index (κ3) is 5.11. The van der Waals surface area contributed by atoms with Crippen LogP contribution in [0, 0.1) is 46.3 Å². The molecule has 194 valence electrons. The molecular formula is C28H39Br2NO4. The van der Waals surface area contributed by atoms with Crippen molar-refractivity contribution in [1.82, 2.24) is 3.93 Å². The van der Waals surface area contributed by atoms with Crippen LogP contribution in [0.3, 0.4) is 0 Å². The Morgan fingerprint density at radius 2 is 1.03 bits per heavy atom. The van der Waals surface area contributed by atoms with Gasteiger partial charge in [0.25, 0.3) is 0 Å². The minimum atomic E-state index is -0.144. The maximum atomic E-state index is 12.0. The van der Waals surface area contributed by atoms with Gasteiger partial charge in [0.15, 0.2) is 0 Å². The summed E-state index contributed by atoms with van der Waals surface area (Å²) in [6.45, 7) is 1.83. The highest BCUT2D eigenvalue weighted by atomic mass is 79.9. The number of halogens is 2. The molecule has 0 radical (unpaired) electrons. The molecule has 8 aliphatic carbocycles. The Kier molecular flexibility index (Phi) is 7.42. The van der Waals surface area contributed by atoms with Crippen LogP contribution in [0.25, 0.3) is 0 Å². The van der Waals surface area contributed by atoms with E-state index in [0.29, 0.717) is 29.7 Å². The topological polar surface area (TPSA) is 71.5 Å². The van der Waals surface area contributed by atoms with Gasteiger partial charge < -0.3 is 0 Å². The van der Waals surface area contributed by atoms with Gasteiger partial charge in [-0.15, -0.1) is 0 Å². The van der Waals surface area contributed by atoms with E-state index in [-0.39, 0.29) is 22.6 Å². The molecule has 0 aromatic rings. The summed E-state index contributed by atoms with van der Waals surface area (Å²) >= 11 is 6.16. The molecule has 0 aromatic carbocycles. The lowest BCUT2D eigenvalue weighted by molar-refractivity contribution is -0.141. The fourth-order valence-electron chi connectivity index (χ4n) is 9.68. The van der Waals surface area contributed by atoms with Gasteiger partial charge in [0.2, 0.25) is 11.8 Å². The summed E-state index contributed by atoms with van der Waals surface area (Å²) in [5.74, 6) is 6.12. The van der Waals surface area contributed by atoms with E-state index in [1.807, 2.05) is 6.92 Å². The molecule has 7 heteroatoms. The number of amides is 2. The fraction of sp³-hybridized carbons (Fsp3) is 0.857. The second kappa shape index (κ2) is 9.96. The van der Waals surface area contributed by atoms with Crippen molar-refractivity contribution in [2.24, 2.45) is 46.3 Å². The Morgan fingerprint density at radius 1 is 0.714 bits per heavy atom. The molecule has 8 saturated carbocycles. The van der Waals surface area contributed by atoms with Gasteiger partial charge in [0, 0.05) is 23.7 Å². The molecule has 0 atom stereocenters. The normalized spacial score (nSPS) is 44.0. The highest BCUT2D eigenvalue weighted by Crippen LogP contribution is 2.61. The van der Waals surface area contributed by atoms with Crippen molar-refractivity contribution in [3.63, 3.8) is 0 Å². The molecule has 8 bridgehead atoms. The minimum absolute atomic E-state index is 0.123. The van der Waals surface area contributed by atoms with Crippen molar-refractivity contribution >= 4 is 55.5 Å². The lowest BCUT2D eigenvalue weighted by Gasteiger charge is -2.55. The zero-order chi connectivity index (χ0) is 25.0. The summed E-state index contributed by atoms with van der Waals surface area (Å²) < 4.78 is 0.979. The Balaban J connectivity index is 0.000000113. The average Bonchev–Trinajstić information content (AvgIpc) is 3.08. The van der Waals surface area contributed by atoms with Crippen LogP contribution in [0.2, 0.25) is 0 Å². The van der Waals surface area contributed by atoms with E-state index in [4.69, 9.17) is 0 Å². The number of Topliss-reactive ketones (excluding diaryl/α,β-unsaturated/α-hetero) is 2. The van der Waals surface area contributed by atoms with Gasteiger partial charge in [-0.1, -0.05) is 15.9 Å². The first-order valence-electron chi connectivity index (χ1n) is 13.7. The summed E-state index contributed by atoms with van der Waals surface area (Å²) in [6.07, 6.45) is 16.6. The van der Waals surface area contributed by atoms with E-state index >= 15 is 0 Å². The van der Waals surface area contributed by atoms with E-state index in [0.717, 1.165) is 39.4 Å². The van der Waals surface area contributed by atoms with Crippen LogP contribution in [-0.2, 0) is 19.2 Å². The number of imide groups is 1. The molecule has 0 N–H and O–H groups in total. The Morgan fingerprint density at radius 3 is 1.26 bits per heavy atom. The summed E-state index contributed by atoms with van der Waals surface area (Å²) in [7, 11) is 0. The number of hydrogen-bond acceptors (Lipinski definition) is 4. The SMILES string of the molecule is CC(=O)C12CC3CC(CC(C3)C1)C2.O=C(CBr)C12CC3CC(CC(C3)C1)C2.O=C1CCC(=O)N1Br. The molecule has 9 rings (SSSR count). The number of hydrogen-bond donors (Lipinski definition) is 0. The van der Waals surface area contributed by atoms with Crippen LogP contribution >= 0.6 is 32.1 Å². The third-order valence-electron chi connectivity index (χ3n) is 10.5. The highest BCUT2D eigenvalue weighted by Gasteiger charge is 2.54. The second-order valence-electron chi connectivity index (χ2n) is 13.1. The zero-order valence-corrected chi connectivity index (χ0v) is 24.1. The number of nitrogens with zero attached hydrogens (tertiary/aromatic N) is 1. The van der Waals surface area contributed by atoms with Crippen molar-refractivity contribution in [3.05, 3.63) is 0 Å². The molecule has 1 aliphatic heterocycles. The van der Waals surface area contributed by atoms with Crippen molar-refractivity contribution < 1.29 is 19.2 Å². The molecule has 0 spiro atoms. The van der Waals surface area contributed by atoms with Crippen molar-refractivity contribution in [1.29, 1.82) is 0 Å². The first-order chi connectivity index (χ1) is 16.6. The number of rotatable bonds is 3. The molecule has 0 unspecified atom stereocenters. The molecule has 1 heterocycles.